The van der Waals surface area contributed by atoms with Gasteiger partial charge >= 0.3 is 0 Å². The van der Waals surface area contributed by atoms with Crippen molar-refractivity contribution in [2.75, 3.05) is 39.1 Å². The molecule has 1 N–H and O–H groups in total. The topological polar surface area (TPSA) is 41.6 Å². The van der Waals surface area contributed by atoms with E-state index in [0.717, 1.165) is 44.2 Å². The molecule has 2 aromatic carbocycles. The average Bonchev–Trinajstić information content (AvgIpc) is 2.70. The van der Waals surface area contributed by atoms with Crippen LogP contribution in [0.1, 0.15) is 33.1 Å². The Labute approximate surface area is 166 Å². The zero-order valence-corrected chi connectivity index (χ0v) is 16.9. The van der Waals surface area contributed by atoms with Crippen LogP contribution in [0.2, 0.25) is 0 Å². The fourth-order valence-electron chi connectivity index (χ4n) is 3.24. The van der Waals surface area contributed by atoms with Gasteiger partial charge in [-0.05, 0) is 36.4 Å². The van der Waals surface area contributed by atoms with Gasteiger partial charge in [0.1, 0.15) is 0 Å². The molecule has 0 unspecified atom stereocenters. The maximum absolute atomic E-state index is 12.8. The van der Waals surface area contributed by atoms with Gasteiger partial charge in [-0.1, -0.05) is 42.0 Å². The van der Waals surface area contributed by atoms with Gasteiger partial charge < -0.3 is 10.1 Å². The number of ether oxygens (including phenoxy) is 1. The van der Waals surface area contributed by atoms with Crippen molar-refractivity contribution in [2.45, 2.75) is 18.7 Å². The van der Waals surface area contributed by atoms with Crippen LogP contribution in [-0.4, -0.2) is 49.9 Å². The van der Waals surface area contributed by atoms with Gasteiger partial charge in [0.2, 0.25) is 0 Å². The van der Waals surface area contributed by atoms with E-state index in [1.807, 2.05) is 24.3 Å². The first-order valence-corrected chi connectivity index (χ1v) is 10.8. The molecule has 1 aliphatic rings. The molecule has 3 rings (SSSR count). The summed E-state index contributed by atoms with van der Waals surface area (Å²) in [5, 5.41) is 3.24. The van der Waals surface area contributed by atoms with Crippen LogP contribution in [0.3, 0.4) is 0 Å². The molecule has 0 bridgehead atoms. The summed E-state index contributed by atoms with van der Waals surface area (Å²) in [6, 6.07) is 16.3. The first-order chi connectivity index (χ1) is 13.2. The van der Waals surface area contributed by atoms with Crippen LogP contribution >= 0.6 is 11.8 Å². The molecule has 144 valence electrons. The molecule has 1 amide bonds. The molecule has 1 aliphatic heterocycles. The second-order valence-electron chi connectivity index (χ2n) is 6.98. The highest BCUT2D eigenvalue weighted by atomic mass is 32.2. The molecule has 1 atom stereocenters. The Hall–Kier alpha value is -1.82. The fraction of sp³-hybridized carbons (Fsp3) is 0.409. The minimum absolute atomic E-state index is 0.0236. The van der Waals surface area contributed by atoms with Crippen molar-refractivity contribution < 1.29 is 9.53 Å². The Morgan fingerprint density at radius 2 is 1.78 bits per heavy atom. The number of hydrogen-bond donors (Lipinski definition) is 1. The van der Waals surface area contributed by atoms with Gasteiger partial charge in [-0.2, -0.15) is 11.8 Å². The largest absolute Gasteiger partial charge is 0.379 e. The number of rotatable bonds is 7. The molecular weight excluding hydrogens is 356 g/mol. The number of morpholine rings is 1. The van der Waals surface area contributed by atoms with E-state index >= 15 is 0 Å². The lowest BCUT2D eigenvalue weighted by molar-refractivity contribution is 0.0332. The van der Waals surface area contributed by atoms with Crippen molar-refractivity contribution >= 4 is 17.7 Å². The number of carbonyl (C=O) groups excluding carboxylic acids is 1. The second kappa shape index (κ2) is 9.93. The quantitative estimate of drug-likeness (QED) is 0.791. The molecule has 0 aromatic heterocycles. The molecule has 5 heteroatoms. The normalized spacial score (nSPS) is 16.1. The molecule has 1 saturated heterocycles. The maximum atomic E-state index is 12.8. The third-order valence-corrected chi connectivity index (χ3v) is 5.48. The molecule has 0 aliphatic carbocycles. The van der Waals surface area contributed by atoms with Crippen molar-refractivity contribution in [3.05, 3.63) is 70.8 Å². The van der Waals surface area contributed by atoms with Gasteiger partial charge in [0, 0.05) is 31.0 Å². The first-order valence-electron chi connectivity index (χ1n) is 9.41. The molecule has 0 radical (unpaired) electrons. The lowest BCUT2D eigenvalue weighted by atomic mass is 10.0. The third-order valence-electron chi connectivity index (χ3n) is 4.86. The van der Waals surface area contributed by atoms with E-state index in [2.05, 4.69) is 47.7 Å². The van der Waals surface area contributed by atoms with Gasteiger partial charge in [0.15, 0.2) is 0 Å². The predicted molar refractivity (Wildman–Crippen MR) is 112 cm³/mol. The summed E-state index contributed by atoms with van der Waals surface area (Å²) >= 11 is 1.78. The van der Waals surface area contributed by atoms with Crippen LogP contribution < -0.4 is 5.32 Å². The fourth-order valence-corrected chi connectivity index (χ4v) is 3.76. The molecule has 0 spiro atoms. The number of thioether (sulfide) groups is 1. The van der Waals surface area contributed by atoms with Crippen molar-refractivity contribution in [1.29, 1.82) is 0 Å². The third kappa shape index (κ3) is 5.83. The van der Waals surface area contributed by atoms with Gasteiger partial charge in [-0.15, -0.1) is 0 Å². The summed E-state index contributed by atoms with van der Waals surface area (Å²) < 4.78 is 5.45. The molecule has 1 heterocycles. The van der Waals surface area contributed by atoms with E-state index in [-0.39, 0.29) is 11.9 Å². The Balaban J connectivity index is 1.72. The van der Waals surface area contributed by atoms with Crippen LogP contribution in [0.5, 0.6) is 0 Å². The average molecular weight is 385 g/mol. The van der Waals surface area contributed by atoms with E-state index < -0.39 is 0 Å². The van der Waals surface area contributed by atoms with Crippen LogP contribution in [-0.2, 0) is 10.5 Å². The number of amides is 1. The van der Waals surface area contributed by atoms with Crippen molar-refractivity contribution in [3.63, 3.8) is 0 Å². The predicted octanol–water partition coefficient (Wildman–Crippen LogP) is 3.66. The second-order valence-corrected chi connectivity index (χ2v) is 7.85. The summed E-state index contributed by atoms with van der Waals surface area (Å²) in [6.07, 6.45) is 2.08. The van der Waals surface area contributed by atoms with Crippen LogP contribution in [0, 0.1) is 6.92 Å². The smallest absolute Gasteiger partial charge is 0.251 e. The Kier molecular flexibility index (Phi) is 7.33. The van der Waals surface area contributed by atoms with Gasteiger partial charge in [-0.25, -0.2) is 0 Å². The molecule has 1 fully saturated rings. The van der Waals surface area contributed by atoms with Gasteiger partial charge in [0.05, 0.1) is 19.3 Å². The standard InChI is InChI=1S/C22H28N2O2S/c1-17-3-7-19(8-4-17)21(15-24-11-13-26-14-12-24)23-22(25)20-9-5-18(6-10-20)16-27-2/h3-10,21H,11-16H2,1-2H3,(H,23,25)/t21-/m1/s1. The summed E-state index contributed by atoms with van der Waals surface area (Å²) in [4.78, 5) is 15.2. The summed E-state index contributed by atoms with van der Waals surface area (Å²) in [7, 11) is 0. The molecule has 4 nitrogen and oxygen atoms in total. The Morgan fingerprint density at radius 1 is 1.11 bits per heavy atom. The number of carbonyl (C=O) groups is 1. The van der Waals surface area contributed by atoms with Crippen molar-refractivity contribution in [2.24, 2.45) is 0 Å². The van der Waals surface area contributed by atoms with Crippen LogP contribution in [0.4, 0.5) is 0 Å². The minimum atomic E-state index is -0.0397. The first kappa shape index (κ1) is 19.9. The monoisotopic (exact) mass is 384 g/mol. The molecule has 0 saturated carbocycles. The van der Waals surface area contributed by atoms with E-state index in [1.54, 1.807) is 11.8 Å². The minimum Gasteiger partial charge on any atom is -0.379 e. The zero-order chi connectivity index (χ0) is 19.1. The summed E-state index contributed by atoms with van der Waals surface area (Å²) in [6.45, 7) is 6.19. The Morgan fingerprint density at radius 3 is 2.41 bits per heavy atom. The summed E-state index contributed by atoms with van der Waals surface area (Å²) in [5.74, 6) is 0.940. The van der Waals surface area contributed by atoms with Crippen LogP contribution in [0.15, 0.2) is 48.5 Å². The van der Waals surface area contributed by atoms with E-state index in [1.165, 1.54) is 11.1 Å². The number of nitrogens with zero attached hydrogens (tertiary/aromatic N) is 1. The lowest BCUT2D eigenvalue weighted by Gasteiger charge is -2.31. The number of benzene rings is 2. The Bertz CT molecular complexity index is 725. The zero-order valence-electron chi connectivity index (χ0n) is 16.1. The van der Waals surface area contributed by atoms with E-state index in [0.29, 0.717) is 5.56 Å². The van der Waals surface area contributed by atoms with Gasteiger partial charge in [-0.3, -0.25) is 9.69 Å². The van der Waals surface area contributed by atoms with Crippen LogP contribution in [0.25, 0.3) is 0 Å². The molecule has 2 aromatic rings. The number of aryl methyl sites for hydroxylation is 1. The highest BCUT2D eigenvalue weighted by molar-refractivity contribution is 7.97. The summed E-state index contributed by atoms with van der Waals surface area (Å²) in [5.41, 5.74) is 4.31. The number of nitrogens with one attached hydrogen (secondary N) is 1. The lowest BCUT2D eigenvalue weighted by Crippen LogP contribution is -2.43. The SMILES string of the molecule is CSCc1ccc(C(=O)N[C@H](CN2CCOCC2)c2ccc(C)cc2)cc1. The van der Waals surface area contributed by atoms with Crippen molar-refractivity contribution in [3.8, 4) is 0 Å². The highest BCUT2D eigenvalue weighted by Gasteiger charge is 2.20. The van der Waals surface area contributed by atoms with E-state index in [9.17, 15) is 4.79 Å². The maximum Gasteiger partial charge on any atom is 0.251 e. The van der Waals surface area contributed by atoms with E-state index in [4.69, 9.17) is 4.74 Å². The molecule has 27 heavy (non-hydrogen) atoms. The highest BCUT2D eigenvalue weighted by Crippen LogP contribution is 2.18. The van der Waals surface area contributed by atoms with Crippen molar-refractivity contribution in [1.82, 2.24) is 10.2 Å². The van der Waals surface area contributed by atoms with Gasteiger partial charge in [0.25, 0.3) is 5.91 Å². The molecular formula is C22H28N2O2S. The number of hydrogen-bond acceptors (Lipinski definition) is 4.